The Balaban J connectivity index is 1.34. The summed E-state index contributed by atoms with van der Waals surface area (Å²) in [7, 11) is 0. The summed E-state index contributed by atoms with van der Waals surface area (Å²) in [5, 5.41) is 3.40. The number of piperazine rings is 1. The standard InChI is InChI=1S/C22H23N7/c1-2-20-21(12-17(1)19-4-5-24-15-26-19)28-22(27-20)13-18-11-16(3-6-25-18)14-29-9-7-23-8-10-29/h1-6,11-12,15,23H,7-10,13-14H2,(H,27,28). The van der Waals surface area contributed by atoms with Gasteiger partial charge in [0.15, 0.2) is 0 Å². The molecule has 1 aliphatic rings. The molecule has 0 saturated carbocycles. The van der Waals surface area contributed by atoms with E-state index in [-0.39, 0.29) is 0 Å². The van der Waals surface area contributed by atoms with E-state index in [0.717, 1.165) is 66.5 Å². The summed E-state index contributed by atoms with van der Waals surface area (Å²) >= 11 is 0. The highest BCUT2D eigenvalue weighted by atomic mass is 15.2. The molecule has 5 rings (SSSR count). The maximum Gasteiger partial charge on any atom is 0.116 e. The van der Waals surface area contributed by atoms with E-state index in [1.165, 1.54) is 5.56 Å². The first-order chi connectivity index (χ1) is 14.3. The molecule has 0 amide bonds. The van der Waals surface area contributed by atoms with Gasteiger partial charge >= 0.3 is 0 Å². The SMILES string of the molecule is c1cc(-c2ccc3nc(Cc4cc(CN5CCNCC5)ccn4)[nH]c3c2)ncn1. The lowest BCUT2D eigenvalue weighted by molar-refractivity contribution is 0.233. The molecule has 3 aromatic heterocycles. The monoisotopic (exact) mass is 385 g/mol. The van der Waals surface area contributed by atoms with E-state index in [1.807, 2.05) is 24.4 Å². The molecule has 1 fully saturated rings. The third kappa shape index (κ3) is 4.16. The zero-order valence-electron chi connectivity index (χ0n) is 16.2. The maximum atomic E-state index is 4.74. The smallest absolute Gasteiger partial charge is 0.116 e. The van der Waals surface area contributed by atoms with Crippen molar-refractivity contribution >= 4 is 11.0 Å². The van der Waals surface area contributed by atoms with Gasteiger partial charge in [-0.15, -0.1) is 0 Å². The highest BCUT2D eigenvalue weighted by Crippen LogP contribution is 2.22. The molecule has 1 aliphatic heterocycles. The van der Waals surface area contributed by atoms with E-state index in [0.29, 0.717) is 6.42 Å². The average molecular weight is 385 g/mol. The molecule has 0 spiro atoms. The third-order valence-electron chi connectivity index (χ3n) is 5.25. The zero-order valence-corrected chi connectivity index (χ0v) is 16.2. The summed E-state index contributed by atoms with van der Waals surface area (Å²) in [6.45, 7) is 5.28. The molecular weight excluding hydrogens is 362 g/mol. The lowest BCUT2D eigenvalue weighted by Gasteiger charge is -2.27. The molecule has 0 bridgehead atoms. The fraction of sp³-hybridized carbons (Fsp3) is 0.273. The van der Waals surface area contributed by atoms with Gasteiger partial charge in [0.1, 0.15) is 12.2 Å². The fourth-order valence-corrected chi connectivity index (χ4v) is 3.79. The Morgan fingerprint density at radius 3 is 2.76 bits per heavy atom. The van der Waals surface area contributed by atoms with E-state index in [2.05, 4.69) is 48.4 Å². The number of hydrogen-bond donors (Lipinski definition) is 2. The number of H-pyrrole nitrogens is 1. The van der Waals surface area contributed by atoms with E-state index >= 15 is 0 Å². The van der Waals surface area contributed by atoms with Crippen LogP contribution in [0.3, 0.4) is 0 Å². The number of aromatic amines is 1. The summed E-state index contributed by atoms with van der Waals surface area (Å²) in [6, 6.07) is 12.4. The Morgan fingerprint density at radius 2 is 1.90 bits per heavy atom. The van der Waals surface area contributed by atoms with Crippen molar-refractivity contribution < 1.29 is 0 Å². The van der Waals surface area contributed by atoms with Crippen LogP contribution in [-0.4, -0.2) is 56.0 Å². The minimum absolute atomic E-state index is 0.687. The van der Waals surface area contributed by atoms with Crippen LogP contribution < -0.4 is 5.32 Å². The van der Waals surface area contributed by atoms with Crippen LogP contribution in [0, 0.1) is 0 Å². The van der Waals surface area contributed by atoms with Crippen molar-refractivity contribution in [3.8, 4) is 11.3 Å². The predicted octanol–water partition coefficient (Wildman–Crippen LogP) is 2.41. The van der Waals surface area contributed by atoms with Crippen molar-refractivity contribution in [2.45, 2.75) is 13.0 Å². The predicted molar refractivity (Wildman–Crippen MR) is 112 cm³/mol. The van der Waals surface area contributed by atoms with Gasteiger partial charge in [-0.3, -0.25) is 9.88 Å². The van der Waals surface area contributed by atoms with Gasteiger partial charge in [0, 0.05) is 62.8 Å². The van der Waals surface area contributed by atoms with Crippen LogP contribution >= 0.6 is 0 Å². The average Bonchev–Trinajstić information content (AvgIpc) is 3.17. The molecule has 0 radical (unpaired) electrons. The first-order valence-corrected chi connectivity index (χ1v) is 9.95. The molecule has 4 aromatic rings. The second kappa shape index (κ2) is 8.06. The molecule has 4 heterocycles. The summed E-state index contributed by atoms with van der Waals surface area (Å²) in [4.78, 5) is 23.5. The van der Waals surface area contributed by atoms with Crippen LogP contribution in [0.2, 0.25) is 0 Å². The van der Waals surface area contributed by atoms with Crippen molar-refractivity contribution in [3.63, 3.8) is 0 Å². The Kier molecular flexibility index (Phi) is 4.98. The Morgan fingerprint density at radius 1 is 0.966 bits per heavy atom. The maximum absolute atomic E-state index is 4.74. The van der Waals surface area contributed by atoms with Crippen molar-refractivity contribution in [2.24, 2.45) is 0 Å². The first kappa shape index (κ1) is 17.9. The Labute approximate surface area is 169 Å². The number of benzene rings is 1. The molecule has 146 valence electrons. The number of pyridine rings is 1. The fourth-order valence-electron chi connectivity index (χ4n) is 3.79. The molecule has 1 aromatic carbocycles. The number of nitrogens with one attached hydrogen (secondary N) is 2. The van der Waals surface area contributed by atoms with Crippen LogP contribution in [-0.2, 0) is 13.0 Å². The molecule has 1 saturated heterocycles. The minimum Gasteiger partial charge on any atom is -0.342 e. The van der Waals surface area contributed by atoms with Crippen molar-refractivity contribution in [1.29, 1.82) is 0 Å². The lowest BCUT2D eigenvalue weighted by Crippen LogP contribution is -2.42. The number of rotatable bonds is 5. The highest BCUT2D eigenvalue weighted by molar-refractivity contribution is 5.81. The summed E-state index contributed by atoms with van der Waals surface area (Å²) in [5.41, 5.74) is 6.25. The van der Waals surface area contributed by atoms with Gasteiger partial charge in [-0.2, -0.15) is 0 Å². The highest BCUT2D eigenvalue weighted by Gasteiger charge is 2.11. The van der Waals surface area contributed by atoms with Crippen LogP contribution in [0.25, 0.3) is 22.3 Å². The molecule has 7 heteroatoms. The van der Waals surface area contributed by atoms with E-state index in [9.17, 15) is 0 Å². The molecule has 0 unspecified atom stereocenters. The molecule has 29 heavy (non-hydrogen) atoms. The molecule has 0 aliphatic carbocycles. The van der Waals surface area contributed by atoms with E-state index in [1.54, 1.807) is 12.5 Å². The Bertz CT molecular complexity index is 1100. The van der Waals surface area contributed by atoms with Crippen molar-refractivity contribution in [3.05, 3.63) is 72.2 Å². The second-order valence-corrected chi connectivity index (χ2v) is 7.37. The van der Waals surface area contributed by atoms with E-state index in [4.69, 9.17) is 4.98 Å². The summed E-state index contributed by atoms with van der Waals surface area (Å²) in [5.74, 6) is 0.923. The van der Waals surface area contributed by atoms with Crippen molar-refractivity contribution in [1.82, 2.24) is 35.1 Å². The summed E-state index contributed by atoms with van der Waals surface area (Å²) < 4.78 is 0. The lowest BCUT2D eigenvalue weighted by atomic mass is 10.1. The quantitative estimate of drug-likeness (QED) is 0.549. The molecular formula is C22H23N7. The summed E-state index contributed by atoms with van der Waals surface area (Å²) in [6.07, 6.45) is 5.91. The number of aromatic nitrogens is 5. The van der Waals surface area contributed by atoms with Gasteiger partial charge in [0.05, 0.1) is 16.7 Å². The van der Waals surface area contributed by atoms with Crippen molar-refractivity contribution in [2.75, 3.05) is 26.2 Å². The number of imidazole rings is 1. The minimum atomic E-state index is 0.687. The van der Waals surface area contributed by atoms with Gasteiger partial charge in [0.25, 0.3) is 0 Å². The number of nitrogens with zero attached hydrogens (tertiary/aromatic N) is 5. The van der Waals surface area contributed by atoms with Crippen LogP contribution in [0.15, 0.2) is 55.1 Å². The third-order valence-corrected chi connectivity index (χ3v) is 5.25. The first-order valence-electron chi connectivity index (χ1n) is 9.95. The van der Waals surface area contributed by atoms with Gasteiger partial charge < -0.3 is 10.3 Å². The van der Waals surface area contributed by atoms with Crippen LogP contribution in [0.5, 0.6) is 0 Å². The largest absolute Gasteiger partial charge is 0.342 e. The molecule has 2 N–H and O–H groups in total. The van der Waals surface area contributed by atoms with Gasteiger partial charge in [0.2, 0.25) is 0 Å². The molecule has 0 atom stereocenters. The van der Waals surface area contributed by atoms with Crippen LogP contribution in [0.1, 0.15) is 17.1 Å². The van der Waals surface area contributed by atoms with Gasteiger partial charge in [-0.05, 0) is 35.9 Å². The topological polar surface area (TPSA) is 82.6 Å². The van der Waals surface area contributed by atoms with E-state index < -0.39 is 0 Å². The zero-order chi connectivity index (χ0) is 19.5. The second-order valence-electron chi connectivity index (χ2n) is 7.37. The van der Waals surface area contributed by atoms with Gasteiger partial charge in [-0.1, -0.05) is 6.07 Å². The molecule has 7 nitrogen and oxygen atoms in total. The number of hydrogen-bond acceptors (Lipinski definition) is 6. The Hall–Kier alpha value is -3.16. The van der Waals surface area contributed by atoms with Gasteiger partial charge in [-0.25, -0.2) is 15.0 Å². The number of fused-ring (bicyclic) bond motifs is 1. The van der Waals surface area contributed by atoms with Crippen LogP contribution in [0.4, 0.5) is 0 Å². The normalized spacial score (nSPS) is 15.0.